The van der Waals surface area contributed by atoms with E-state index in [1.807, 2.05) is 6.07 Å². The molecule has 0 aromatic carbocycles. The van der Waals surface area contributed by atoms with Crippen LogP contribution in [0.15, 0.2) is 18.3 Å². The summed E-state index contributed by atoms with van der Waals surface area (Å²) in [6.07, 6.45) is 1.81. The fourth-order valence-electron chi connectivity index (χ4n) is 2.00. The molecule has 2 rings (SSSR count). The van der Waals surface area contributed by atoms with Crippen LogP contribution >= 0.6 is 0 Å². The molecule has 1 aromatic heterocycles. The SMILES string of the molecule is CC1CN(Cc2ccc(C(=O)NN)cn2)CCO1. The highest BCUT2D eigenvalue weighted by molar-refractivity contribution is 5.93. The topological polar surface area (TPSA) is 80.5 Å². The number of carbonyl (C=O) groups is 1. The van der Waals surface area contributed by atoms with Crippen molar-refractivity contribution >= 4 is 5.91 Å². The number of nitrogen functional groups attached to an aromatic ring is 1. The number of nitrogens with zero attached hydrogens (tertiary/aromatic N) is 2. The first-order valence-electron chi connectivity index (χ1n) is 5.99. The number of pyridine rings is 1. The molecule has 0 saturated carbocycles. The van der Waals surface area contributed by atoms with Gasteiger partial charge in [0.05, 0.1) is 24.0 Å². The standard InChI is InChI=1S/C12H18N4O2/c1-9-7-16(4-5-18-9)8-11-3-2-10(6-14-11)12(17)15-13/h2-3,6,9H,4-5,7-8,13H2,1H3,(H,15,17). The number of morpholine rings is 1. The zero-order chi connectivity index (χ0) is 13.0. The number of ether oxygens (including phenoxy) is 1. The van der Waals surface area contributed by atoms with Crippen LogP contribution in [0.3, 0.4) is 0 Å². The fourth-order valence-corrected chi connectivity index (χ4v) is 2.00. The summed E-state index contributed by atoms with van der Waals surface area (Å²) in [7, 11) is 0. The third-order valence-electron chi connectivity index (χ3n) is 2.93. The molecule has 3 N–H and O–H groups in total. The lowest BCUT2D eigenvalue weighted by molar-refractivity contribution is -0.0215. The van der Waals surface area contributed by atoms with Gasteiger partial charge in [0, 0.05) is 25.8 Å². The maximum atomic E-state index is 11.3. The molecule has 1 amide bonds. The smallest absolute Gasteiger partial charge is 0.266 e. The first-order chi connectivity index (χ1) is 8.69. The summed E-state index contributed by atoms with van der Waals surface area (Å²) >= 11 is 0. The largest absolute Gasteiger partial charge is 0.376 e. The maximum Gasteiger partial charge on any atom is 0.266 e. The average molecular weight is 250 g/mol. The van der Waals surface area contributed by atoms with Crippen LogP contribution in [0.1, 0.15) is 23.0 Å². The molecule has 0 bridgehead atoms. The number of hydrogen-bond acceptors (Lipinski definition) is 5. The van der Waals surface area contributed by atoms with Gasteiger partial charge < -0.3 is 4.74 Å². The molecule has 6 heteroatoms. The van der Waals surface area contributed by atoms with E-state index in [1.54, 1.807) is 12.3 Å². The Bertz CT molecular complexity index is 407. The number of hydrogen-bond donors (Lipinski definition) is 2. The van der Waals surface area contributed by atoms with Gasteiger partial charge in [-0.3, -0.25) is 20.1 Å². The van der Waals surface area contributed by atoms with Crippen molar-refractivity contribution in [2.24, 2.45) is 5.84 Å². The van der Waals surface area contributed by atoms with Crippen LogP contribution in [0, 0.1) is 0 Å². The molecule has 2 heterocycles. The summed E-state index contributed by atoms with van der Waals surface area (Å²) < 4.78 is 5.48. The first-order valence-corrected chi connectivity index (χ1v) is 5.99. The molecule has 1 saturated heterocycles. The van der Waals surface area contributed by atoms with Gasteiger partial charge in [-0.2, -0.15) is 0 Å². The summed E-state index contributed by atoms with van der Waals surface area (Å²) in [4.78, 5) is 17.8. The maximum absolute atomic E-state index is 11.3. The van der Waals surface area contributed by atoms with E-state index in [0.29, 0.717) is 5.56 Å². The Morgan fingerprint density at radius 3 is 3.11 bits per heavy atom. The molecule has 1 aliphatic rings. The van der Waals surface area contributed by atoms with Gasteiger partial charge >= 0.3 is 0 Å². The van der Waals surface area contributed by atoms with E-state index in [9.17, 15) is 4.79 Å². The lowest BCUT2D eigenvalue weighted by atomic mass is 10.2. The van der Waals surface area contributed by atoms with Crippen LogP contribution in [0.2, 0.25) is 0 Å². The summed E-state index contributed by atoms with van der Waals surface area (Å²) in [6, 6.07) is 3.58. The predicted octanol–water partition coefficient (Wildman–Crippen LogP) is -0.0942. The van der Waals surface area contributed by atoms with Crippen LogP contribution < -0.4 is 11.3 Å². The van der Waals surface area contributed by atoms with Crippen molar-refractivity contribution < 1.29 is 9.53 Å². The molecule has 18 heavy (non-hydrogen) atoms. The molecule has 0 aliphatic carbocycles. The third-order valence-corrected chi connectivity index (χ3v) is 2.93. The second-order valence-corrected chi connectivity index (χ2v) is 4.43. The second kappa shape index (κ2) is 5.90. The van der Waals surface area contributed by atoms with Gasteiger partial charge in [-0.1, -0.05) is 0 Å². The summed E-state index contributed by atoms with van der Waals surface area (Å²) in [6.45, 7) is 5.42. The second-order valence-electron chi connectivity index (χ2n) is 4.43. The third kappa shape index (κ3) is 3.25. The van der Waals surface area contributed by atoms with Crippen LogP contribution in [-0.4, -0.2) is 41.6 Å². The fraction of sp³-hybridized carbons (Fsp3) is 0.500. The van der Waals surface area contributed by atoms with E-state index in [0.717, 1.165) is 31.9 Å². The summed E-state index contributed by atoms with van der Waals surface area (Å²) in [5.41, 5.74) is 3.49. The van der Waals surface area contributed by atoms with Crippen molar-refractivity contribution in [2.75, 3.05) is 19.7 Å². The molecular formula is C12H18N4O2. The minimum Gasteiger partial charge on any atom is -0.376 e. The van der Waals surface area contributed by atoms with E-state index < -0.39 is 0 Å². The quantitative estimate of drug-likeness (QED) is 0.445. The van der Waals surface area contributed by atoms with Gasteiger partial charge in [-0.15, -0.1) is 0 Å². The van der Waals surface area contributed by atoms with E-state index >= 15 is 0 Å². The number of nitrogens with two attached hydrogens (primary N) is 1. The van der Waals surface area contributed by atoms with E-state index in [1.165, 1.54) is 0 Å². The highest BCUT2D eigenvalue weighted by Gasteiger charge is 2.17. The van der Waals surface area contributed by atoms with Gasteiger partial charge in [0.2, 0.25) is 0 Å². The lowest BCUT2D eigenvalue weighted by Gasteiger charge is -2.30. The Hall–Kier alpha value is -1.50. The minimum absolute atomic E-state index is 0.265. The minimum atomic E-state index is -0.325. The van der Waals surface area contributed by atoms with E-state index in [-0.39, 0.29) is 12.0 Å². The molecule has 0 spiro atoms. The number of aromatic nitrogens is 1. The Morgan fingerprint density at radius 1 is 1.67 bits per heavy atom. The van der Waals surface area contributed by atoms with Crippen molar-refractivity contribution in [3.05, 3.63) is 29.6 Å². The Morgan fingerprint density at radius 2 is 2.50 bits per heavy atom. The van der Waals surface area contributed by atoms with Crippen molar-refractivity contribution in [3.63, 3.8) is 0 Å². The van der Waals surface area contributed by atoms with Crippen molar-refractivity contribution in [2.45, 2.75) is 19.6 Å². The molecule has 1 aliphatic heterocycles. The number of amides is 1. The molecular weight excluding hydrogens is 232 g/mol. The molecule has 0 radical (unpaired) electrons. The average Bonchev–Trinajstić information content (AvgIpc) is 2.39. The number of hydrazine groups is 1. The zero-order valence-electron chi connectivity index (χ0n) is 10.4. The van der Waals surface area contributed by atoms with Crippen molar-refractivity contribution in [1.29, 1.82) is 0 Å². The number of rotatable bonds is 3. The molecule has 1 atom stereocenters. The van der Waals surface area contributed by atoms with Crippen LogP contribution in [0.5, 0.6) is 0 Å². The van der Waals surface area contributed by atoms with Gasteiger partial charge in [-0.05, 0) is 19.1 Å². The normalized spacial score (nSPS) is 20.7. The predicted molar refractivity (Wildman–Crippen MR) is 66.6 cm³/mol. The Labute approximate surface area is 106 Å². The lowest BCUT2D eigenvalue weighted by Crippen LogP contribution is -2.40. The zero-order valence-corrected chi connectivity index (χ0v) is 10.4. The summed E-state index contributed by atoms with van der Waals surface area (Å²) in [5.74, 6) is 4.73. The highest BCUT2D eigenvalue weighted by Crippen LogP contribution is 2.09. The van der Waals surface area contributed by atoms with Gasteiger partial charge in [0.25, 0.3) is 5.91 Å². The van der Waals surface area contributed by atoms with Gasteiger partial charge in [-0.25, -0.2) is 5.84 Å². The molecule has 1 fully saturated rings. The number of nitrogens with one attached hydrogen (secondary N) is 1. The van der Waals surface area contributed by atoms with E-state index in [2.05, 4.69) is 22.2 Å². The Kier molecular flexibility index (Phi) is 4.24. The van der Waals surface area contributed by atoms with Crippen molar-refractivity contribution in [1.82, 2.24) is 15.3 Å². The first kappa shape index (κ1) is 12.9. The summed E-state index contributed by atoms with van der Waals surface area (Å²) in [5, 5.41) is 0. The van der Waals surface area contributed by atoms with Crippen molar-refractivity contribution in [3.8, 4) is 0 Å². The molecule has 98 valence electrons. The van der Waals surface area contributed by atoms with Crippen LogP contribution in [-0.2, 0) is 11.3 Å². The monoisotopic (exact) mass is 250 g/mol. The number of carbonyl (C=O) groups excluding carboxylic acids is 1. The Balaban J connectivity index is 1.95. The van der Waals surface area contributed by atoms with Crippen LogP contribution in [0.25, 0.3) is 0 Å². The molecule has 6 nitrogen and oxygen atoms in total. The van der Waals surface area contributed by atoms with Gasteiger partial charge in [0.15, 0.2) is 0 Å². The van der Waals surface area contributed by atoms with E-state index in [4.69, 9.17) is 10.6 Å². The highest BCUT2D eigenvalue weighted by atomic mass is 16.5. The van der Waals surface area contributed by atoms with Crippen LogP contribution in [0.4, 0.5) is 0 Å². The molecule has 1 aromatic rings. The molecule has 1 unspecified atom stereocenters. The van der Waals surface area contributed by atoms with Gasteiger partial charge in [0.1, 0.15) is 0 Å².